The maximum atomic E-state index is 12.8. The van der Waals surface area contributed by atoms with Crippen molar-refractivity contribution in [3.63, 3.8) is 0 Å². The maximum absolute atomic E-state index is 12.8. The van der Waals surface area contributed by atoms with Gasteiger partial charge in [-0.2, -0.15) is 0 Å². The molecule has 3 heterocycles. The van der Waals surface area contributed by atoms with Gasteiger partial charge in [0.05, 0.1) is 0 Å². The molecule has 0 bridgehead atoms. The van der Waals surface area contributed by atoms with E-state index in [-0.39, 0.29) is 23.8 Å². The Kier molecular flexibility index (Phi) is 4.23. The number of fused-ring (bicyclic) bond motifs is 1. The SMILES string of the molecule is NC(=O)[C@@H]1CC[C@@H]2CCC[C@@H](NC(=O)[C@@H]3CCC(=O)N3)C(=O)N21. The largest absolute Gasteiger partial charge is 0.368 e. The highest BCUT2D eigenvalue weighted by Gasteiger charge is 2.44. The first-order valence-corrected chi connectivity index (χ1v) is 8.18. The summed E-state index contributed by atoms with van der Waals surface area (Å²) >= 11 is 0. The van der Waals surface area contributed by atoms with Crippen LogP contribution in [0, 0.1) is 0 Å². The van der Waals surface area contributed by atoms with Gasteiger partial charge in [-0.1, -0.05) is 0 Å². The van der Waals surface area contributed by atoms with Crippen molar-refractivity contribution >= 4 is 23.6 Å². The van der Waals surface area contributed by atoms with Gasteiger partial charge in [-0.05, 0) is 38.5 Å². The molecule has 4 atom stereocenters. The molecule has 3 aliphatic rings. The molecule has 3 rings (SSSR count). The van der Waals surface area contributed by atoms with E-state index in [1.165, 1.54) is 0 Å². The fourth-order valence-corrected chi connectivity index (χ4v) is 3.86. The molecule has 0 radical (unpaired) electrons. The van der Waals surface area contributed by atoms with Crippen molar-refractivity contribution < 1.29 is 19.2 Å². The lowest BCUT2D eigenvalue weighted by Crippen LogP contribution is -2.55. The molecule has 0 aliphatic carbocycles. The van der Waals surface area contributed by atoms with Gasteiger partial charge in [0.2, 0.25) is 23.6 Å². The Morgan fingerprint density at radius 1 is 1.13 bits per heavy atom. The summed E-state index contributed by atoms with van der Waals surface area (Å²) in [6.45, 7) is 0. The third kappa shape index (κ3) is 3.02. The van der Waals surface area contributed by atoms with Crippen LogP contribution >= 0.6 is 0 Å². The predicted molar refractivity (Wildman–Crippen MR) is 79.8 cm³/mol. The summed E-state index contributed by atoms with van der Waals surface area (Å²) in [5.74, 6) is -1.20. The third-order valence-electron chi connectivity index (χ3n) is 5.04. The lowest BCUT2D eigenvalue weighted by Gasteiger charge is -2.30. The van der Waals surface area contributed by atoms with Crippen LogP contribution in [-0.2, 0) is 19.2 Å². The molecule has 3 saturated heterocycles. The van der Waals surface area contributed by atoms with Crippen molar-refractivity contribution in [2.45, 2.75) is 69.1 Å². The number of nitrogens with two attached hydrogens (primary N) is 1. The van der Waals surface area contributed by atoms with Crippen molar-refractivity contribution in [1.82, 2.24) is 15.5 Å². The van der Waals surface area contributed by atoms with E-state index in [1.54, 1.807) is 4.90 Å². The fraction of sp³-hybridized carbons (Fsp3) is 0.733. The number of hydrogen-bond donors (Lipinski definition) is 3. The molecule has 0 aromatic heterocycles. The van der Waals surface area contributed by atoms with Crippen molar-refractivity contribution in [1.29, 1.82) is 0 Å². The maximum Gasteiger partial charge on any atom is 0.246 e. The van der Waals surface area contributed by atoms with Gasteiger partial charge in [-0.3, -0.25) is 19.2 Å². The standard InChI is InChI=1S/C15H22N4O4/c16-13(21)11-6-4-8-2-1-3-10(15(23)19(8)11)18-14(22)9-5-7-12(20)17-9/h8-11H,1-7H2,(H2,16,21)(H,17,20)(H,18,22)/t8-,9-,10+,11-/m0/s1. The highest BCUT2D eigenvalue weighted by Crippen LogP contribution is 2.31. The highest BCUT2D eigenvalue weighted by molar-refractivity contribution is 5.95. The van der Waals surface area contributed by atoms with Crippen LogP contribution in [0.4, 0.5) is 0 Å². The van der Waals surface area contributed by atoms with E-state index in [0.717, 1.165) is 19.3 Å². The Morgan fingerprint density at radius 3 is 2.57 bits per heavy atom. The molecule has 8 nitrogen and oxygen atoms in total. The van der Waals surface area contributed by atoms with Crippen LogP contribution in [-0.4, -0.2) is 52.7 Å². The van der Waals surface area contributed by atoms with Crippen LogP contribution in [0.5, 0.6) is 0 Å². The molecule has 4 amide bonds. The van der Waals surface area contributed by atoms with Gasteiger partial charge in [-0.15, -0.1) is 0 Å². The van der Waals surface area contributed by atoms with E-state index >= 15 is 0 Å². The van der Waals surface area contributed by atoms with Gasteiger partial charge in [-0.25, -0.2) is 0 Å². The minimum Gasteiger partial charge on any atom is -0.368 e. The third-order valence-corrected chi connectivity index (χ3v) is 5.04. The lowest BCUT2D eigenvalue weighted by molar-refractivity contribution is -0.142. The first-order valence-electron chi connectivity index (χ1n) is 8.18. The van der Waals surface area contributed by atoms with Gasteiger partial charge in [0.1, 0.15) is 18.1 Å². The van der Waals surface area contributed by atoms with E-state index in [1.807, 2.05) is 0 Å². The minimum absolute atomic E-state index is 0.0353. The molecule has 3 aliphatic heterocycles. The number of amides is 4. The van der Waals surface area contributed by atoms with Gasteiger partial charge >= 0.3 is 0 Å². The molecule has 126 valence electrons. The van der Waals surface area contributed by atoms with Crippen molar-refractivity contribution in [3.05, 3.63) is 0 Å². The number of rotatable bonds is 3. The van der Waals surface area contributed by atoms with Gasteiger partial charge in [0, 0.05) is 12.5 Å². The second-order valence-corrected chi connectivity index (χ2v) is 6.55. The number of hydrogen-bond acceptors (Lipinski definition) is 4. The molecule has 23 heavy (non-hydrogen) atoms. The minimum atomic E-state index is -0.648. The van der Waals surface area contributed by atoms with Crippen LogP contribution in [0.3, 0.4) is 0 Å². The van der Waals surface area contributed by atoms with E-state index in [9.17, 15) is 19.2 Å². The number of carbonyl (C=O) groups excluding carboxylic acids is 4. The summed E-state index contributed by atoms with van der Waals surface area (Å²) in [6, 6.07) is -1.76. The Balaban J connectivity index is 1.70. The smallest absolute Gasteiger partial charge is 0.246 e. The Morgan fingerprint density at radius 2 is 1.91 bits per heavy atom. The van der Waals surface area contributed by atoms with Crippen LogP contribution in [0.2, 0.25) is 0 Å². The summed E-state index contributed by atoms with van der Waals surface area (Å²) in [4.78, 5) is 49.4. The Hall–Kier alpha value is -2.12. The summed E-state index contributed by atoms with van der Waals surface area (Å²) in [7, 11) is 0. The van der Waals surface area contributed by atoms with Crippen molar-refractivity contribution in [2.75, 3.05) is 0 Å². The molecule has 0 aromatic carbocycles. The molecule has 0 spiro atoms. The van der Waals surface area contributed by atoms with Gasteiger partial charge in [0.15, 0.2) is 0 Å². The molecular weight excluding hydrogens is 300 g/mol. The van der Waals surface area contributed by atoms with E-state index in [2.05, 4.69) is 10.6 Å². The van der Waals surface area contributed by atoms with Crippen LogP contribution in [0.25, 0.3) is 0 Å². The molecule has 4 N–H and O–H groups in total. The normalized spacial score (nSPS) is 33.8. The second-order valence-electron chi connectivity index (χ2n) is 6.55. The second kappa shape index (κ2) is 6.17. The first kappa shape index (κ1) is 15.8. The zero-order chi connectivity index (χ0) is 16.6. The van der Waals surface area contributed by atoms with E-state index < -0.39 is 24.0 Å². The summed E-state index contributed by atoms with van der Waals surface area (Å²) in [5, 5.41) is 5.34. The van der Waals surface area contributed by atoms with E-state index in [0.29, 0.717) is 25.7 Å². The van der Waals surface area contributed by atoms with Crippen LogP contribution in [0.15, 0.2) is 0 Å². The molecular formula is C15H22N4O4. The number of carbonyl (C=O) groups is 4. The average Bonchev–Trinajstić information content (AvgIpc) is 3.08. The van der Waals surface area contributed by atoms with E-state index in [4.69, 9.17) is 5.73 Å². The van der Waals surface area contributed by atoms with Gasteiger partial charge < -0.3 is 21.3 Å². The number of primary amides is 1. The summed E-state index contributed by atoms with van der Waals surface area (Å²) in [5.41, 5.74) is 5.41. The first-order chi connectivity index (χ1) is 11.0. The fourth-order valence-electron chi connectivity index (χ4n) is 3.86. The number of nitrogens with one attached hydrogen (secondary N) is 2. The monoisotopic (exact) mass is 322 g/mol. The van der Waals surface area contributed by atoms with Crippen LogP contribution in [0.1, 0.15) is 44.9 Å². The van der Waals surface area contributed by atoms with Crippen molar-refractivity contribution in [3.8, 4) is 0 Å². The number of nitrogens with zero attached hydrogens (tertiary/aromatic N) is 1. The topological polar surface area (TPSA) is 122 Å². The quantitative estimate of drug-likeness (QED) is 0.603. The average molecular weight is 322 g/mol. The Bertz CT molecular complexity index is 550. The highest BCUT2D eigenvalue weighted by atomic mass is 16.2. The van der Waals surface area contributed by atoms with Crippen LogP contribution < -0.4 is 16.4 Å². The molecule has 8 heteroatoms. The zero-order valence-corrected chi connectivity index (χ0v) is 12.9. The molecule has 0 saturated carbocycles. The molecule has 0 unspecified atom stereocenters. The summed E-state index contributed by atoms with van der Waals surface area (Å²) < 4.78 is 0. The summed E-state index contributed by atoms with van der Waals surface area (Å²) in [6.07, 6.45) is 4.31. The zero-order valence-electron chi connectivity index (χ0n) is 12.9. The van der Waals surface area contributed by atoms with Crippen molar-refractivity contribution in [2.24, 2.45) is 5.73 Å². The molecule has 0 aromatic rings. The Labute approximate surface area is 134 Å². The predicted octanol–water partition coefficient (Wildman–Crippen LogP) is -1.22. The van der Waals surface area contributed by atoms with Gasteiger partial charge in [0.25, 0.3) is 0 Å². The molecule has 3 fully saturated rings. The lowest BCUT2D eigenvalue weighted by atomic mass is 10.1.